The second-order valence-electron chi connectivity index (χ2n) is 6.87. The highest BCUT2D eigenvalue weighted by Crippen LogP contribution is 2.32. The quantitative estimate of drug-likeness (QED) is 0.178. The van der Waals surface area contributed by atoms with Crippen molar-refractivity contribution in [2.24, 2.45) is 0 Å². The van der Waals surface area contributed by atoms with Gasteiger partial charge in [-0.3, -0.25) is 0 Å². The van der Waals surface area contributed by atoms with Gasteiger partial charge < -0.3 is 19.5 Å². The van der Waals surface area contributed by atoms with Crippen LogP contribution >= 0.6 is 11.6 Å². The summed E-state index contributed by atoms with van der Waals surface area (Å²) in [6.07, 6.45) is -3.65. The SMILES string of the molecule is CO/C=C(/C(=O)OC)c1ccccc1COc1cc(C(F)(F)F)nc(Nc2ccc(Cl)cc2F)n1. The van der Waals surface area contributed by atoms with Gasteiger partial charge in [0.1, 0.15) is 18.0 Å². The number of esters is 1. The number of carbonyl (C=O) groups excluding carboxylic acids is 1. The molecule has 35 heavy (non-hydrogen) atoms. The van der Waals surface area contributed by atoms with E-state index in [9.17, 15) is 22.4 Å². The molecule has 0 bridgehead atoms. The summed E-state index contributed by atoms with van der Waals surface area (Å²) in [7, 11) is 2.54. The van der Waals surface area contributed by atoms with Crippen molar-refractivity contribution in [2.45, 2.75) is 12.8 Å². The number of rotatable bonds is 8. The molecule has 0 saturated carbocycles. The average Bonchev–Trinajstić information content (AvgIpc) is 2.82. The first kappa shape index (κ1) is 25.8. The summed E-state index contributed by atoms with van der Waals surface area (Å²) in [5.74, 6) is -2.47. The number of hydrogen-bond acceptors (Lipinski definition) is 7. The molecule has 0 amide bonds. The number of anilines is 2. The lowest BCUT2D eigenvalue weighted by molar-refractivity contribution is -0.141. The number of methoxy groups -OCH3 is 2. The molecule has 0 aliphatic carbocycles. The number of halogens is 5. The van der Waals surface area contributed by atoms with Gasteiger partial charge in [0.05, 0.1) is 26.2 Å². The second kappa shape index (κ2) is 11.0. The van der Waals surface area contributed by atoms with Crippen LogP contribution in [0.2, 0.25) is 5.02 Å². The van der Waals surface area contributed by atoms with Crippen molar-refractivity contribution in [3.63, 3.8) is 0 Å². The number of alkyl halides is 3. The summed E-state index contributed by atoms with van der Waals surface area (Å²) < 4.78 is 69.6. The van der Waals surface area contributed by atoms with E-state index < -0.39 is 35.5 Å². The predicted octanol–water partition coefficient (Wildman–Crippen LogP) is 5.77. The van der Waals surface area contributed by atoms with E-state index in [1.54, 1.807) is 24.3 Å². The molecule has 12 heteroatoms. The Morgan fingerprint density at radius 3 is 2.51 bits per heavy atom. The smallest absolute Gasteiger partial charge is 0.433 e. The fourth-order valence-electron chi connectivity index (χ4n) is 2.92. The molecule has 0 spiro atoms. The highest BCUT2D eigenvalue weighted by Gasteiger charge is 2.34. The van der Waals surface area contributed by atoms with Crippen LogP contribution in [0.25, 0.3) is 5.57 Å². The lowest BCUT2D eigenvalue weighted by Gasteiger charge is -2.14. The number of nitrogens with one attached hydrogen (secondary N) is 1. The lowest BCUT2D eigenvalue weighted by atomic mass is 10.0. The highest BCUT2D eigenvalue weighted by atomic mass is 35.5. The van der Waals surface area contributed by atoms with Gasteiger partial charge in [-0.15, -0.1) is 0 Å². The maximum atomic E-state index is 14.1. The van der Waals surface area contributed by atoms with Crippen LogP contribution in [0.1, 0.15) is 16.8 Å². The number of carbonyl (C=O) groups is 1. The van der Waals surface area contributed by atoms with Crippen LogP contribution in [0, 0.1) is 5.82 Å². The number of benzene rings is 2. The van der Waals surface area contributed by atoms with E-state index in [-0.39, 0.29) is 22.9 Å². The van der Waals surface area contributed by atoms with Gasteiger partial charge in [0, 0.05) is 11.1 Å². The summed E-state index contributed by atoms with van der Waals surface area (Å²) in [6, 6.07) is 10.7. The van der Waals surface area contributed by atoms with E-state index in [2.05, 4.69) is 15.3 Å². The van der Waals surface area contributed by atoms with E-state index >= 15 is 0 Å². The minimum atomic E-state index is -4.83. The fourth-order valence-corrected chi connectivity index (χ4v) is 3.08. The minimum absolute atomic E-state index is 0.0773. The summed E-state index contributed by atoms with van der Waals surface area (Å²) >= 11 is 5.70. The van der Waals surface area contributed by atoms with E-state index in [0.29, 0.717) is 17.2 Å². The zero-order valence-electron chi connectivity index (χ0n) is 18.3. The lowest BCUT2D eigenvalue weighted by Crippen LogP contribution is -2.13. The Kier molecular flexibility index (Phi) is 8.13. The second-order valence-corrected chi connectivity index (χ2v) is 7.30. The van der Waals surface area contributed by atoms with Crippen molar-refractivity contribution in [1.82, 2.24) is 9.97 Å². The molecule has 1 aromatic heterocycles. The first-order chi connectivity index (χ1) is 16.6. The maximum absolute atomic E-state index is 14.1. The molecule has 7 nitrogen and oxygen atoms in total. The predicted molar refractivity (Wildman–Crippen MR) is 120 cm³/mol. The first-order valence-corrected chi connectivity index (χ1v) is 10.2. The van der Waals surface area contributed by atoms with Crippen LogP contribution in [0.15, 0.2) is 54.8 Å². The van der Waals surface area contributed by atoms with Gasteiger partial charge in [0.2, 0.25) is 11.8 Å². The van der Waals surface area contributed by atoms with Gasteiger partial charge in [-0.05, 0) is 29.3 Å². The molecule has 184 valence electrons. The minimum Gasteiger partial charge on any atom is -0.503 e. The third kappa shape index (κ3) is 6.60. The van der Waals surface area contributed by atoms with Gasteiger partial charge >= 0.3 is 12.1 Å². The Morgan fingerprint density at radius 1 is 1.11 bits per heavy atom. The first-order valence-electron chi connectivity index (χ1n) is 9.83. The van der Waals surface area contributed by atoms with Gasteiger partial charge in [0.25, 0.3) is 0 Å². The largest absolute Gasteiger partial charge is 0.503 e. The fraction of sp³-hybridized carbons (Fsp3) is 0.174. The van der Waals surface area contributed by atoms with Crippen LogP contribution in [0.5, 0.6) is 5.88 Å². The Bertz CT molecular complexity index is 1250. The highest BCUT2D eigenvalue weighted by molar-refractivity contribution is 6.30. The maximum Gasteiger partial charge on any atom is 0.433 e. The van der Waals surface area contributed by atoms with Gasteiger partial charge in [-0.25, -0.2) is 14.2 Å². The number of ether oxygens (including phenoxy) is 3. The average molecular weight is 512 g/mol. The van der Waals surface area contributed by atoms with Gasteiger partial charge in [-0.1, -0.05) is 35.9 Å². The van der Waals surface area contributed by atoms with Crippen LogP contribution in [-0.2, 0) is 27.1 Å². The normalized spacial score (nSPS) is 11.7. The van der Waals surface area contributed by atoms with Crippen molar-refractivity contribution < 1.29 is 36.6 Å². The number of aromatic nitrogens is 2. The summed E-state index contributed by atoms with van der Waals surface area (Å²) in [6.45, 7) is -0.267. The van der Waals surface area contributed by atoms with E-state index in [4.69, 9.17) is 25.8 Å². The molecule has 0 unspecified atom stereocenters. The van der Waals surface area contributed by atoms with Crippen LogP contribution in [-0.4, -0.2) is 30.2 Å². The molecule has 0 aliphatic heterocycles. The van der Waals surface area contributed by atoms with Crippen LogP contribution in [0.4, 0.5) is 29.2 Å². The number of nitrogens with zero attached hydrogens (tertiary/aromatic N) is 2. The molecule has 1 N–H and O–H groups in total. The molecular weight excluding hydrogens is 494 g/mol. The van der Waals surface area contributed by atoms with Crippen LogP contribution in [0.3, 0.4) is 0 Å². The zero-order valence-corrected chi connectivity index (χ0v) is 19.1. The number of hydrogen-bond donors (Lipinski definition) is 1. The Hall–Kier alpha value is -3.86. The molecule has 0 aliphatic rings. The molecule has 3 aromatic rings. The van der Waals surface area contributed by atoms with Crippen molar-refractivity contribution in [3.05, 3.63) is 82.5 Å². The van der Waals surface area contributed by atoms with Crippen molar-refractivity contribution in [2.75, 3.05) is 19.5 Å². The standard InChI is InChI=1S/C23H18ClF4N3O4/c1-33-12-16(21(32)34-2)15-6-4-3-5-13(15)11-35-20-10-19(23(26,27)28)30-22(31-20)29-18-8-7-14(24)9-17(18)25/h3-10,12H,11H2,1-2H3,(H,29,30,31)/b16-12+. The van der Waals surface area contributed by atoms with E-state index in [1.807, 2.05) is 0 Å². The topological polar surface area (TPSA) is 82.6 Å². The zero-order chi connectivity index (χ0) is 25.6. The van der Waals surface area contributed by atoms with E-state index in [1.165, 1.54) is 32.6 Å². The molecule has 3 rings (SSSR count). The Morgan fingerprint density at radius 2 is 1.86 bits per heavy atom. The molecule has 0 radical (unpaired) electrons. The monoisotopic (exact) mass is 511 g/mol. The van der Waals surface area contributed by atoms with E-state index in [0.717, 1.165) is 6.07 Å². The summed E-state index contributed by atoms with van der Waals surface area (Å²) in [5, 5.41) is 2.50. The Balaban J connectivity index is 1.93. The van der Waals surface area contributed by atoms with Crippen molar-refractivity contribution >= 4 is 34.8 Å². The molecule has 0 saturated heterocycles. The van der Waals surface area contributed by atoms with Crippen LogP contribution < -0.4 is 10.1 Å². The van der Waals surface area contributed by atoms with Gasteiger partial charge in [-0.2, -0.15) is 18.2 Å². The molecule has 0 atom stereocenters. The summed E-state index contributed by atoms with van der Waals surface area (Å²) in [5.41, 5.74) is -0.590. The molecule has 0 fully saturated rings. The summed E-state index contributed by atoms with van der Waals surface area (Å²) in [4.78, 5) is 19.5. The van der Waals surface area contributed by atoms with Gasteiger partial charge in [0.15, 0.2) is 5.69 Å². The van der Waals surface area contributed by atoms with Crippen molar-refractivity contribution in [3.8, 4) is 5.88 Å². The molecule has 2 aromatic carbocycles. The third-order valence-corrected chi connectivity index (χ3v) is 4.73. The Labute approximate surface area is 202 Å². The molecular formula is C23H18ClF4N3O4. The van der Waals surface area contributed by atoms with Crippen molar-refractivity contribution in [1.29, 1.82) is 0 Å². The molecule has 1 heterocycles. The third-order valence-electron chi connectivity index (χ3n) is 4.49.